The topological polar surface area (TPSA) is 136 Å². The first kappa shape index (κ1) is 18.5. The molecule has 0 unspecified atom stereocenters. The fourth-order valence-corrected chi connectivity index (χ4v) is 2.94. The zero-order valence-corrected chi connectivity index (χ0v) is 14.5. The Morgan fingerprint density at radius 2 is 2.04 bits per heavy atom. The van der Waals surface area contributed by atoms with E-state index < -0.39 is 47.5 Å². The van der Waals surface area contributed by atoms with Gasteiger partial charge in [0.1, 0.15) is 12.1 Å². The summed E-state index contributed by atoms with van der Waals surface area (Å²) in [6.07, 6.45) is 2.10. The third-order valence-corrected chi connectivity index (χ3v) is 4.54. The average molecular weight is 375 g/mol. The number of carbonyl (C=O) groups excluding carboxylic acids is 4. The second kappa shape index (κ2) is 7.14. The van der Waals surface area contributed by atoms with Gasteiger partial charge in [0.05, 0.1) is 10.5 Å². The van der Waals surface area contributed by atoms with Crippen LogP contribution in [0, 0.1) is 16.0 Å². The van der Waals surface area contributed by atoms with Crippen LogP contribution in [0.1, 0.15) is 40.5 Å². The summed E-state index contributed by atoms with van der Waals surface area (Å²) >= 11 is 0. The molecule has 3 rings (SSSR count). The number of nitrogens with one attached hydrogen (secondary N) is 1. The number of imide groups is 1. The lowest BCUT2D eigenvalue weighted by molar-refractivity contribution is -0.385. The minimum Gasteiger partial charge on any atom is -0.454 e. The highest BCUT2D eigenvalue weighted by atomic mass is 16.6. The Balaban J connectivity index is 1.59. The quantitative estimate of drug-likeness (QED) is 0.320. The van der Waals surface area contributed by atoms with Gasteiger partial charge in [0.2, 0.25) is 0 Å². The second-order valence-corrected chi connectivity index (χ2v) is 6.51. The van der Waals surface area contributed by atoms with E-state index in [9.17, 15) is 29.3 Å². The van der Waals surface area contributed by atoms with E-state index in [1.165, 1.54) is 12.1 Å². The molecule has 27 heavy (non-hydrogen) atoms. The van der Waals surface area contributed by atoms with Crippen LogP contribution in [0.25, 0.3) is 0 Å². The highest BCUT2D eigenvalue weighted by Gasteiger charge is 2.42. The van der Waals surface area contributed by atoms with Crippen molar-refractivity contribution in [3.8, 4) is 0 Å². The van der Waals surface area contributed by atoms with Gasteiger partial charge in [-0.3, -0.25) is 34.2 Å². The first-order chi connectivity index (χ1) is 12.8. The minimum atomic E-state index is -0.957. The molecule has 0 aromatic heterocycles. The zero-order chi connectivity index (χ0) is 19.7. The molecular weight excluding hydrogens is 358 g/mol. The van der Waals surface area contributed by atoms with Crippen LogP contribution in [0.2, 0.25) is 0 Å². The highest BCUT2D eigenvalue weighted by Crippen LogP contribution is 2.32. The van der Waals surface area contributed by atoms with Crippen LogP contribution >= 0.6 is 0 Å². The Morgan fingerprint density at radius 3 is 2.67 bits per heavy atom. The minimum absolute atomic E-state index is 0.00649. The summed E-state index contributed by atoms with van der Waals surface area (Å²) in [5, 5.41) is 13.8. The molecule has 0 saturated heterocycles. The largest absolute Gasteiger partial charge is 0.454 e. The van der Waals surface area contributed by atoms with Gasteiger partial charge in [-0.25, -0.2) is 0 Å². The molecule has 2 aliphatic rings. The number of hydrogen-bond donors (Lipinski definition) is 1. The molecule has 1 N–H and O–H groups in total. The fraction of sp³-hybridized carbons (Fsp3) is 0.412. The van der Waals surface area contributed by atoms with Crippen molar-refractivity contribution in [3.63, 3.8) is 0 Å². The standard InChI is InChI=1S/C17H17N3O7/c1-9(10-5-6-10)18-13(21)8-27-14(22)7-19-16(23)11-3-2-4-12(20(25)26)15(11)17(19)24/h2-4,9-10H,5-8H2,1H3,(H,18,21)/t9-/m1/s1. The van der Waals surface area contributed by atoms with Gasteiger partial charge >= 0.3 is 5.97 Å². The molecule has 1 aromatic rings. The number of hydrogen-bond acceptors (Lipinski definition) is 7. The third-order valence-electron chi connectivity index (χ3n) is 4.54. The predicted molar refractivity (Wildman–Crippen MR) is 89.8 cm³/mol. The molecule has 1 atom stereocenters. The van der Waals surface area contributed by atoms with Crippen LogP contribution in [-0.2, 0) is 14.3 Å². The van der Waals surface area contributed by atoms with Crippen LogP contribution in [0.4, 0.5) is 5.69 Å². The van der Waals surface area contributed by atoms with Crippen molar-refractivity contribution in [3.05, 3.63) is 39.4 Å². The van der Waals surface area contributed by atoms with Gasteiger partial charge in [-0.05, 0) is 31.7 Å². The van der Waals surface area contributed by atoms with E-state index in [0.717, 1.165) is 18.9 Å². The summed E-state index contributed by atoms with van der Waals surface area (Å²) in [4.78, 5) is 59.1. The van der Waals surface area contributed by atoms with E-state index in [-0.39, 0.29) is 17.2 Å². The van der Waals surface area contributed by atoms with Gasteiger partial charge in [-0.2, -0.15) is 0 Å². The molecule has 3 amide bonds. The summed E-state index contributed by atoms with van der Waals surface area (Å²) in [6.45, 7) is 0.608. The predicted octanol–water partition coefficient (Wildman–Crippen LogP) is 0.649. The van der Waals surface area contributed by atoms with E-state index >= 15 is 0 Å². The van der Waals surface area contributed by atoms with Crippen LogP contribution in [0.5, 0.6) is 0 Å². The van der Waals surface area contributed by atoms with Crippen molar-refractivity contribution in [2.24, 2.45) is 5.92 Å². The molecule has 1 fully saturated rings. The highest BCUT2D eigenvalue weighted by molar-refractivity contribution is 6.24. The van der Waals surface area contributed by atoms with Crippen LogP contribution in [-0.4, -0.2) is 52.7 Å². The van der Waals surface area contributed by atoms with Gasteiger partial charge in [-0.1, -0.05) is 6.07 Å². The molecule has 0 bridgehead atoms. The van der Waals surface area contributed by atoms with E-state index in [1.807, 2.05) is 6.92 Å². The van der Waals surface area contributed by atoms with Gasteiger partial charge in [0, 0.05) is 12.1 Å². The van der Waals surface area contributed by atoms with Crippen molar-refractivity contribution >= 4 is 29.4 Å². The molecule has 1 aliphatic heterocycles. The molecule has 142 valence electrons. The first-order valence-electron chi connectivity index (χ1n) is 8.38. The number of esters is 1. The van der Waals surface area contributed by atoms with Gasteiger partial charge in [0.25, 0.3) is 23.4 Å². The maximum absolute atomic E-state index is 12.3. The molecule has 1 heterocycles. The number of nitrogens with zero attached hydrogens (tertiary/aromatic N) is 2. The number of fused-ring (bicyclic) bond motifs is 1. The number of amides is 3. The summed E-state index contributed by atoms with van der Waals surface area (Å²) in [6, 6.07) is 3.67. The van der Waals surface area contributed by atoms with Crippen molar-refractivity contribution in [1.82, 2.24) is 10.2 Å². The number of ether oxygens (including phenoxy) is 1. The van der Waals surface area contributed by atoms with E-state index in [2.05, 4.69) is 5.32 Å². The monoisotopic (exact) mass is 375 g/mol. The molecule has 10 heteroatoms. The number of nitro groups is 1. The van der Waals surface area contributed by atoms with Gasteiger partial charge in [0.15, 0.2) is 6.61 Å². The molecule has 10 nitrogen and oxygen atoms in total. The Morgan fingerprint density at radius 1 is 1.33 bits per heavy atom. The molecular formula is C17H17N3O7. The summed E-state index contributed by atoms with van der Waals surface area (Å²) in [5.74, 6) is -2.74. The van der Waals surface area contributed by atoms with Crippen molar-refractivity contribution in [2.75, 3.05) is 13.2 Å². The van der Waals surface area contributed by atoms with E-state index in [1.54, 1.807) is 0 Å². The summed E-state index contributed by atoms with van der Waals surface area (Å²) < 4.78 is 4.81. The summed E-state index contributed by atoms with van der Waals surface area (Å²) in [7, 11) is 0. The number of carbonyl (C=O) groups is 4. The lowest BCUT2D eigenvalue weighted by Gasteiger charge is -2.14. The maximum Gasteiger partial charge on any atom is 0.326 e. The van der Waals surface area contributed by atoms with Gasteiger partial charge in [-0.15, -0.1) is 0 Å². The van der Waals surface area contributed by atoms with Crippen molar-refractivity contribution in [1.29, 1.82) is 0 Å². The second-order valence-electron chi connectivity index (χ2n) is 6.51. The van der Waals surface area contributed by atoms with Crippen molar-refractivity contribution < 1.29 is 28.8 Å². The lowest BCUT2D eigenvalue weighted by atomic mass is 10.1. The lowest BCUT2D eigenvalue weighted by Crippen LogP contribution is -2.39. The van der Waals surface area contributed by atoms with E-state index in [4.69, 9.17) is 4.74 Å². The normalized spacial score (nSPS) is 16.7. The maximum atomic E-state index is 12.3. The van der Waals surface area contributed by atoms with E-state index in [0.29, 0.717) is 10.8 Å². The summed E-state index contributed by atoms with van der Waals surface area (Å²) in [5.41, 5.74) is -0.996. The van der Waals surface area contributed by atoms with Crippen LogP contribution < -0.4 is 5.32 Å². The smallest absolute Gasteiger partial charge is 0.326 e. The SMILES string of the molecule is C[C@@H](NC(=O)COC(=O)CN1C(=O)c2cccc([N+](=O)[O-])c2C1=O)C1CC1. The van der Waals surface area contributed by atoms with Crippen molar-refractivity contribution in [2.45, 2.75) is 25.8 Å². The van der Waals surface area contributed by atoms with Gasteiger partial charge < -0.3 is 10.1 Å². The Kier molecular flexibility index (Phi) is 4.89. The Labute approximate surface area is 153 Å². The third kappa shape index (κ3) is 3.78. The number of nitro benzene ring substituents is 1. The Bertz CT molecular complexity index is 847. The molecule has 0 radical (unpaired) electrons. The molecule has 1 aromatic carbocycles. The van der Waals surface area contributed by atoms with Crippen LogP contribution in [0.3, 0.4) is 0 Å². The Hall–Kier alpha value is -3.30. The fourth-order valence-electron chi connectivity index (χ4n) is 2.94. The molecule has 0 spiro atoms. The first-order valence-corrected chi connectivity index (χ1v) is 8.38. The average Bonchev–Trinajstić information content (AvgIpc) is 3.44. The molecule has 1 saturated carbocycles. The number of benzene rings is 1. The van der Waals surface area contributed by atoms with Crippen LogP contribution in [0.15, 0.2) is 18.2 Å². The molecule has 1 aliphatic carbocycles. The zero-order valence-electron chi connectivity index (χ0n) is 14.5. The number of rotatable bonds is 7.